The van der Waals surface area contributed by atoms with Crippen molar-refractivity contribution in [2.24, 2.45) is 0 Å². The van der Waals surface area contributed by atoms with E-state index in [-0.39, 0.29) is 16.0 Å². The molecule has 6 aromatic carbocycles. The standard InChI is InChI=1S/C45H35N3O2/c1-45(2,3)33-26-31(25-32(27-33)42-28-30(23-24-46-42)29-13-5-4-6-14-29)34-21-22-40-38-18-10-8-16-36(38)35-15-7-9-17-37(35)39-19-11-12-20-41(39)47-43(40)44(34)48(49)50/h4-28,47H,1-3H3. The largest absolute Gasteiger partial charge is 0.349 e. The van der Waals surface area contributed by atoms with Crippen LogP contribution in [0.5, 0.6) is 0 Å². The third-order valence-corrected chi connectivity index (χ3v) is 9.54. The van der Waals surface area contributed by atoms with Crippen molar-refractivity contribution in [3.05, 3.63) is 167 Å². The second kappa shape index (κ2) is 12.3. The van der Waals surface area contributed by atoms with Crippen LogP contribution in [0.2, 0.25) is 0 Å². The molecular weight excluding hydrogens is 615 g/mol. The summed E-state index contributed by atoms with van der Waals surface area (Å²) in [7, 11) is 0. The lowest BCUT2D eigenvalue weighted by Crippen LogP contribution is -2.11. The summed E-state index contributed by atoms with van der Waals surface area (Å²) in [6.45, 7) is 6.49. The van der Waals surface area contributed by atoms with Crippen LogP contribution in [0.4, 0.5) is 5.69 Å². The smallest absolute Gasteiger partial charge is 0.301 e. The van der Waals surface area contributed by atoms with E-state index in [1.54, 1.807) is 0 Å². The fraction of sp³-hybridized carbons (Fsp3) is 0.0889. The predicted octanol–water partition coefficient (Wildman–Crippen LogP) is 12.4. The van der Waals surface area contributed by atoms with Gasteiger partial charge >= 0.3 is 5.69 Å². The zero-order chi connectivity index (χ0) is 34.4. The lowest BCUT2D eigenvalue weighted by atomic mass is 9.83. The van der Waals surface area contributed by atoms with Crippen LogP contribution in [0.1, 0.15) is 26.3 Å². The number of hydrogen-bond acceptors (Lipinski definition) is 3. The molecule has 0 fully saturated rings. The molecule has 0 aliphatic heterocycles. The highest BCUT2D eigenvalue weighted by atomic mass is 16.6. The average molecular weight is 650 g/mol. The normalized spacial score (nSPS) is 11.7. The summed E-state index contributed by atoms with van der Waals surface area (Å²) in [6, 6.07) is 49.1. The van der Waals surface area contributed by atoms with Gasteiger partial charge in [-0.1, -0.05) is 130 Å². The fourth-order valence-corrected chi connectivity index (χ4v) is 6.99. The Morgan fingerprint density at radius 2 is 1.14 bits per heavy atom. The predicted molar refractivity (Wildman–Crippen MR) is 208 cm³/mol. The first-order chi connectivity index (χ1) is 24.3. The van der Waals surface area contributed by atoms with Crippen molar-refractivity contribution in [2.45, 2.75) is 26.2 Å². The highest BCUT2D eigenvalue weighted by molar-refractivity contribution is 6.20. The number of para-hydroxylation sites is 1. The quantitative estimate of drug-likeness (QED) is 0.152. The van der Waals surface area contributed by atoms with Crippen molar-refractivity contribution in [1.29, 1.82) is 0 Å². The van der Waals surface area contributed by atoms with E-state index in [1.807, 2.05) is 91.1 Å². The minimum atomic E-state index is -0.241. The molecule has 8 aromatic rings. The number of aromatic nitrogens is 2. The number of benzene rings is 6. The summed E-state index contributed by atoms with van der Waals surface area (Å²) in [5.41, 5.74) is 7.32. The van der Waals surface area contributed by atoms with Crippen molar-refractivity contribution < 1.29 is 4.92 Å². The topological polar surface area (TPSA) is 71.8 Å². The van der Waals surface area contributed by atoms with Gasteiger partial charge in [-0.3, -0.25) is 15.1 Å². The number of nitro benzene ring substituents is 1. The van der Waals surface area contributed by atoms with Crippen molar-refractivity contribution in [3.8, 4) is 33.5 Å². The number of rotatable bonds is 4. The van der Waals surface area contributed by atoms with Gasteiger partial charge in [0.25, 0.3) is 0 Å². The molecule has 50 heavy (non-hydrogen) atoms. The van der Waals surface area contributed by atoms with Gasteiger partial charge in [-0.05, 0) is 85.6 Å². The maximum absolute atomic E-state index is 13.4. The molecule has 8 rings (SSSR count). The number of H-pyrrole nitrogens is 1. The van der Waals surface area contributed by atoms with Gasteiger partial charge in [0.15, 0.2) is 0 Å². The molecule has 0 unspecified atom stereocenters. The first kappa shape index (κ1) is 31.0. The molecule has 242 valence electrons. The SMILES string of the molecule is CC(C)(C)c1cc(-c2cc(-c3ccccc3)ccn2)cc(-c2ccc3c([nH]c4ccccc4c4ccccc4c4ccccc34)c2[N+](=O)[O-])c1. The average Bonchev–Trinajstić information content (AvgIpc) is 3.19. The zero-order valence-corrected chi connectivity index (χ0v) is 28.1. The number of aromatic amines is 1. The minimum Gasteiger partial charge on any atom is -0.349 e. The van der Waals surface area contributed by atoms with Gasteiger partial charge < -0.3 is 4.98 Å². The molecule has 0 radical (unpaired) electrons. The second-order valence-corrected chi connectivity index (χ2v) is 13.7. The van der Waals surface area contributed by atoms with Gasteiger partial charge in [0.2, 0.25) is 0 Å². The Balaban J connectivity index is 1.48. The molecular formula is C45H35N3O2. The Hall–Kier alpha value is -6.33. The van der Waals surface area contributed by atoms with E-state index in [2.05, 4.69) is 86.4 Å². The minimum absolute atomic E-state index is 0.0288. The van der Waals surface area contributed by atoms with E-state index >= 15 is 0 Å². The van der Waals surface area contributed by atoms with Crippen LogP contribution in [-0.2, 0) is 5.41 Å². The molecule has 5 heteroatoms. The summed E-state index contributed by atoms with van der Waals surface area (Å²) in [6.07, 6.45) is 1.83. The van der Waals surface area contributed by atoms with Crippen LogP contribution in [0, 0.1) is 10.1 Å². The summed E-state index contributed by atoms with van der Waals surface area (Å²) >= 11 is 0. The van der Waals surface area contributed by atoms with Gasteiger partial charge in [-0.15, -0.1) is 0 Å². The number of nitro groups is 1. The Bertz CT molecular complexity index is 2670. The van der Waals surface area contributed by atoms with Crippen molar-refractivity contribution in [2.75, 3.05) is 0 Å². The van der Waals surface area contributed by atoms with E-state index < -0.39 is 0 Å². The number of fused-ring (bicyclic) bond motifs is 7. The van der Waals surface area contributed by atoms with Gasteiger partial charge in [-0.25, -0.2) is 0 Å². The number of pyridine rings is 1. The Labute approximate surface area is 290 Å². The van der Waals surface area contributed by atoms with Gasteiger partial charge in [-0.2, -0.15) is 0 Å². The Kier molecular flexibility index (Phi) is 7.61. The second-order valence-electron chi connectivity index (χ2n) is 13.7. The van der Waals surface area contributed by atoms with Crippen molar-refractivity contribution in [1.82, 2.24) is 9.97 Å². The Morgan fingerprint density at radius 3 is 1.80 bits per heavy atom. The molecule has 0 aliphatic carbocycles. The molecule has 1 N–H and O–H groups in total. The molecule has 0 bridgehead atoms. The summed E-state index contributed by atoms with van der Waals surface area (Å²) in [5.74, 6) is 0. The Morgan fingerprint density at radius 1 is 0.560 bits per heavy atom. The molecule has 0 atom stereocenters. The van der Waals surface area contributed by atoms with Crippen LogP contribution >= 0.6 is 0 Å². The third-order valence-electron chi connectivity index (χ3n) is 9.54. The van der Waals surface area contributed by atoms with Crippen molar-refractivity contribution in [3.63, 3.8) is 0 Å². The van der Waals surface area contributed by atoms with Gasteiger partial charge in [0.05, 0.1) is 16.2 Å². The number of hydrogen-bond donors (Lipinski definition) is 1. The summed E-state index contributed by atoms with van der Waals surface area (Å²) in [4.78, 5) is 21.5. The molecule has 5 nitrogen and oxygen atoms in total. The summed E-state index contributed by atoms with van der Waals surface area (Å²) < 4.78 is 0. The van der Waals surface area contributed by atoms with Crippen LogP contribution in [0.25, 0.3) is 76.9 Å². The van der Waals surface area contributed by atoms with E-state index in [9.17, 15) is 10.1 Å². The zero-order valence-electron chi connectivity index (χ0n) is 28.1. The van der Waals surface area contributed by atoms with E-state index in [0.29, 0.717) is 11.1 Å². The molecule has 2 aromatic heterocycles. The lowest BCUT2D eigenvalue weighted by Gasteiger charge is -2.22. The molecule has 0 amide bonds. The van der Waals surface area contributed by atoms with Crippen LogP contribution < -0.4 is 0 Å². The fourth-order valence-electron chi connectivity index (χ4n) is 6.99. The highest BCUT2D eigenvalue weighted by Crippen LogP contribution is 2.42. The third kappa shape index (κ3) is 5.53. The van der Waals surface area contributed by atoms with E-state index in [1.165, 1.54) is 0 Å². The summed E-state index contributed by atoms with van der Waals surface area (Å²) in [5, 5.41) is 19.2. The van der Waals surface area contributed by atoms with Crippen molar-refractivity contribution >= 4 is 49.0 Å². The first-order valence-corrected chi connectivity index (χ1v) is 16.8. The number of nitrogens with one attached hydrogen (secondary N) is 1. The monoisotopic (exact) mass is 649 g/mol. The maximum atomic E-state index is 13.4. The lowest BCUT2D eigenvalue weighted by molar-refractivity contribution is -0.382. The molecule has 0 spiro atoms. The van der Waals surface area contributed by atoms with Crippen LogP contribution in [0.3, 0.4) is 0 Å². The molecule has 0 saturated carbocycles. The van der Waals surface area contributed by atoms with Gasteiger partial charge in [0.1, 0.15) is 5.52 Å². The van der Waals surface area contributed by atoms with Gasteiger partial charge in [0, 0.05) is 28.0 Å². The first-order valence-electron chi connectivity index (χ1n) is 16.8. The van der Waals surface area contributed by atoms with Crippen LogP contribution in [-0.4, -0.2) is 14.9 Å². The maximum Gasteiger partial charge on any atom is 0.301 e. The van der Waals surface area contributed by atoms with Crippen LogP contribution in [0.15, 0.2) is 152 Å². The van der Waals surface area contributed by atoms with E-state index in [4.69, 9.17) is 4.98 Å². The molecule has 2 heterocycles. The number of nitrogens with zero attached hydrogens (tertiary/aromatic N) is 2. The highest BCUT2D eigenvalue weighted by Gasteiger charge is 2.24. The van der Waals surface area contributed by atoms with E-state index in [0.717, 1.165) is 71.3 Å². The molecule has 0 aliphatic rings. The molecule has 0 saturated heterocycles.